The third kappa shape index (κ3) is 5.97. The van der Waals surface area contributed by atoms with E-state index in [0.717, 1.165) is 0 Å². The summed E-state index contributed by atoms with van der Waals surface area (Å²) >= 11 is 0. The monoisotopic (exact) mass is 758 g/mol. The molecule has 0 aliphatic carbocycles. The third-order valence-electron chi connectivity index (χ3n) is 8.49. The molecule has 0 heterocycles. The van der Waals surface area contributed by atoms with Crippen LogP contribution in [-0.4, -0.2) is 0 Å². The van der Waals surface area contributed by atoms with Gasteiger partial charge in [-0.25, -0.2) is 0 Å². The first-order chi connectivity index (χ1) is 21.8. The molecule has 0 fully saturated rings. The minimum Gasteiger partial charge on any atom is -1.00 e. The van der Waals surface area contributed by atoms with Crippen LogP contribution >= 0.6 is 14.5 Å². The minimum atomic E-state index is -2.18. The van der Waals surface area contributed by atoms with E-state index < -0.39 is 14.5 Å². The van der Waals surface area contributed by atoms with Gasteiger partial charge < -0.3 is 34.0 Å². The van der Waals surface area contributed by atoms with Crippen molar-refractivity contribution in [3.8, 4) is 0 Å². The van der Waals surface area contributed by atoms with Gasteiger partial charge in [0.05, 0.1) is 0 Å². The summed E-state index contributed by atoms with van der Waals surface area (Å²) < 4.78 is 0. The van der Waals surface area contributed by atoms with Crippen LogP contribution in [0.2, 0.25) is 0 Å². The number of hydrogen-bond acceptors (Lipinski definition) is 0. The van der Waals surface area contributed by atoms with Crippen LogP contribution in [0.3, 0.4) is 0 Å². The highest BCUT2D eigenvalue weighted by Crippen LogP contribution is 2.56. The molecule has 0 unspecified atom stereocenters. The van der Waals surface area contributed by atoms with E-state index in [9.17, 15) is 0 Å². The molecule has 0 aromatic heterocycles. The van der Waals surface area contributed by atoms with E-state index in [1.807, 2.05) is 0 Å². The Kier molecular flexibility index (Phi) is 11.2. The van der Waals surface area contributed by atoms with Gasteiger partial charge in [0.1, 0.15) is 57.0 Å². The summed E-state index contributed by atoms with van der Waals surface area (Å²) in [6.07, 6.45) is 0. The van der Waals surface area contributed by atoms with E-state index in [1.165, 1.54) is 42.4 Å². The zero-order valence-electron chi connectivity index (χ0n) is 25.3. The van der Waals surface area contributed by atoms with Crippen LogP contribution in [0.15, 0.2) is 206 Å². The molecule has 0 bridgehead atoms. The zero-order chi connectivity index (χ0) is 29.7. The number of hydrogen-bond donors (Lipinski definition) is 0. The van der Waals surface area contributed by atoms with Crippen molar-refractivity contribution in [1.82, 2.24) is 0 Å². The van der Waals surface area contributed by atoms with Crippen LogP contribution in [-0.2, 0) is 0 Å². The Balaban J connectivity index is 0.00000208. The van der Waals surface area contributed by atoms with E-state index in [1.54, 1.807) is 0 Å². The van der Waals surface area contributed by atoms with Crippen molar-refractivity contribution in [2.75, 3.05) is 0 Å². The first kappa shape index (κ1) is 33.7. The van der Waals surface area contributed by atoms with E-state index in [-0.39, 0.29) is 34.0 Å². The highest BCUT2D eigenvalue weighted by Gasteiger charge is 2.50. The van der Waals surface area contributed by atoms with Gasteiger partial charge in [0.15, 0.2) is 0 Å². The Morgan fingerprint density at radius 2 is 0.304 bits per heavy atom. The maximum atomic E-state index is 2.43. The Bertz CT molecular complexity index is 1580. The lowest BCUT2D eigenvalue weighted by Gasteiger charge is -2.29. The van der Waals surface area contributed by atoms with Gasteiger partial charge in [0, 0.05) is 0 Å². The molecular weight excluding hydrogens is 726 g/mol. The molecule has 226 valence electrons. The van der Waals surface area contributed by atoms with Crippen molar-refractivity contribution in [2.24, 2.45) is 0 Å². The molecule has 7 rings (SSSR count). The largest absolute Gasteiger partial charge is 1.00 e. The topological polar surface area (TPSA) is 0 Å². The second-order valence-electron chi connectivity index (χ2n) is 10.9. The van der Waals surface area contributed by atoms with Crippen LogP contribution in [0.5, 0.6) is 0 Å². The fourth-order valence-corrected chi connectivity index (χ4v) is 15.1. The van der Waals surface area contributed by atoms with E-state index in [0.29, 0.717) is 0 Å². The third-order valence-corrected chi connectivity index (χ3v) is 17.1. The lowest BCUT2D eigenvalue weighted by molar-refractivity contribution is -0.001000. The molecule has 0 saturated carbocycles. The predicted octanol–water partition coefficient (Wildman–Crippen LogP) is 0.933. The van der Waals surface area contributed by atoms with Crippen LogP contribution < -0.4 is 76.4 Å². The number of rotatable bonds is 8. The predicted molar refractivity (Wildman–Crippen MR) is 196 cm³/mol. The quantitative estimate of drug-likeness (QED) is 0.203. The van der Waals surface area contributed by atoms with Gasteiger partial charge in [0.25, 0.3) is 0 Å². The second-order valence-corrected chi connectivity index (χ2v) is 17.7. The Hall–Kier alpha value is -3.64. The van der Waals surface area contributed by atoms with Gasteiger partial charge in [-0.2, -0.15) is 0 Å². The van der Waals surface area contributed by atoms with Crippen LogP contribution in [0.4, 0.5) is 0 Å². The molecule has 7 aromatic carbocycles. The van der Waals surface area contributed by atoms with Crippen molar-refractivity contribution >= 4 is 57.0 Å². The summed E-state index contributed by atoms with van der Waals surface area (Å²) in [5, 5.41) is 10.9. The number of halogens is 2. The molecule has 4 heteroatoms. The average molecular weight is 760 g/mol. The molecule has 0 atom stereocenters. The van der Waals surface area contributed by atoms with Gasteiger partial charge >= 0.3 is 0 Å². The molecule has 0 spiro atoms. The molecule has 46 heavy (non-hydrogen) atoms. The zero-order valence-corrected chi connectivity index (χ0v) is 30.2. The smallest absolute Gasteiger partial charge is 0.144 e. The second kappa shape index (κ2) is 15.3. The molecule has 0 aliphatic rings. The molecule has 0 amide bonds. The lowest BCUT2D eigenvalue weighted by Crippen LogP contribution is -3.00. The minimum absolute atomic E-state index is 0. The summed E-state index contributed by atoms with van der Waals surface area (Å²) in [6, 6.07) is 76.4. The standard InChI is InChI=1S/C42H34P2.2BrH/c1-7-19-35(20-8-1)43(36-21-9-2-10-22-36,37-23-11-3-12-24-37)41-31-33-42(34-32-41)44(38-25-13-4-14-26-38,39-27-15-5-16-28-39)40-29-17-6-18-30-40;;/h1-34H;2*1H/q+2;;/p-2. The molecule has 0 nitrogen and oxygen atoms in total. The normalized spacial score (nSPS) is 11.1. The molecular formula is C42H34Br2P2. The maximum Gasteiger partial charge on any atom is 0.144 e. The van der Waals surface area contributed by atoms with Crippen molar-refractivity contribution in [2.45, 2.75) is 0 Å². The first-order valence-corrected chi connectivity index (χ1v) is 18.7. The van der Waals surface area contributed by atoms with Gasteiger partial charge in [-0.15, -0.1) is 0 Å². The van der Waals surface area contributed by atoms with Crippen LogP contribution in [0.1, 0.15) is 0 Å². The van der Waals surface area contributed by atoms with Gasteiger partial charge in [-0.1, -0.05) is 109 Å². The maximum absolute atomic E-state index is 2.43. The fraction of sp³-hybridized carbons (Fsp3) is 0. The molecule has 0 saturated heterocycles. The molecule has 0 radical (unpaired) electrons. The van der Waals surface area contributed by atoms with Crippen LogP contribution in [0, 0.1) is 0 Å². The van der Waals surface area contributed by atoms with Crippen molar-refractivity contribution in [3.05, 3.63) is 206 Å². The molecule has 0 aliphatic heterocycles. The summed E-state index contributed by atoms with van der Waals surface area (Å²) in [4.78, 5) is 0. The first-order valence-electron chi connectivity index (χ1n) is 15.1. The van der Waals surface area contributed by atoms with Gasteiger partial charge in [-0.3, -0.25) is 0 Å². The van der Waals surface area contributed by atoms with Crippen LogP contribution in [0.25, 0.3) is 0 Å². The summed E-state index contributed by atoms with van der Waals surface area (Å²) in [7, 11) is -4.36. The van der Waals surface area contributed by atoms with E-state index in [4.69, 9.17) is 0 Å². The summed E-state index contributed by atoms with van der Waals surface area (Å²) in [5.41, 5.74) is 0. The van der Waals surface area contributed by atoms with E-state index >= 15 is 0 Å². The highest BCUT2D eigenvalue weighted by molar-refractivity contribution is 8.02. The fourth-order valence-electron chi connectivity index (χ4n) is 6.60. The summed E-state index contributed by atoms with van der Waals surface area (Å²) in [5.74, 6) is 0. The van der Waals surface area contributed by atoms with Gasteiger partial charge in [0.2, 0.25) is 0 Å². The Morgan fingerprint density at radius 1 is 0.174 bits per heavy atom. The Labute approximate surface area is 295 Å². The lowest BCUT2D eigenvalue weighted by atomic mass is 10.3. The van der Waals surface area contributed by atoms with Gasteiger partial charge in [-0.05, 0) is 97.1 Å². The molecule has 0 N–H and O–H groups in total. The Morgan fingerprint density at radius 3 is 0.457 bits per heavy atom. The SMILES string of the molecule is [Br-].[Br-].c1ccc([P+](c2ccccc2)(c2ccccc2)c2ccc([P+](c3ccccc3)(c3ccccc3)c3ccccc3)cc2)cc1. The highest BCUT2D eigenvalue weighted by atomic mass is 79.9. The van der Waals surface area contributed by atoms with Crippen molar-refractivity contribution in [1.29, 1.82) is 0 Å². The summed E-state index contributed by atoms with van der Waals surface area (Å²) in [6.45, 7) is 0. The van der Waals surface area contributed by atoms with Crippen molar-refractivity contribution in [3.63, 3.8) is 0 Å². The van der Waals surface area contributed by atoms with Crippen molar-refractivity contribution < 1.29 is 34.0 Å². The average Bonchev–Trinajstić information content (AvgIpc) is 3.12. The number of benzene rings is 7. The molecule has 7 aromatic rings. The van der Waals surface area contributed by atoms with E-state index in [2.05, 4.69) is 206 Å².